The van der Waals surface area contributed by atoms with Crippen LogP contribution < -0.4 is 0 Å². The summed E-state index contributed by atoms with van der Waals surface area (Å²) >= 11 is 0. The van der Waals surface area contributed by atoms with E-state index in [2.05, 4.69) is 4.98 Å². The molecule has 1 aliphatic rings. The monoisotopic (exact) mass is 310 g/mol. The maximum atomic E-state index is 12.6. The van der Waals surface area contributed by atoms with E-state index >= 15 is 0 Å². The highest BCUT2D eigenvalue weighted by molar-refractivity contribution is 5.95. The number of aliphatic carboxylic acids is 1. The van der Waals surface area contributed by atoms with Crippen LogP contribution in [-0.4, -0.2) is 40.0 Å². The number of aromatic nitrogens is 1. The Kier molecular flexibility index (Phi) is 4.10. The van der Waals surface area contributed by atoms with Crippen LogP contribution in [0.1, 0.15) is 17.3 Å². The van der Waals surface area contributed by atoms with Gasteiger partial charge in [-0.2, -0.15) is 0 Å². The summed E-state index contributed by atoms with van der Waals surface area (Å²) in [6, 6.07) is 11.5. The van der Waals surface area contributed by atoms with Gasteiger partial charge in [-0.25, -0.2) is 0 Å². The molecule has 1 aromatic carbocycles. The van der Waals surface area contributed by atoms with Crippen molar-refractivity contribution in [2.75, 3.05) is 13.1 Å². The van der Waals surface area contributed by atoms with Gasteiger partial charge in [-0.1, -0.05) is 37.3 Å². The van der Waals surface area contributed by atoms with Crippen molar-refractivity contribution in [3.8, 4) is 11.1 Å². The fourth-order valence-corrected chi connectivity index (χ4v) is 2.98. The molecule has 2 atom stereocenters. The van der Waals surface area contributed by atoms with Crippen LogP contribution in [0.15, 0.2) is 48.8 Å². The molecule has 0 bridgehead atoms. The van der Waals surface area contributed by atoms with Crippen molar-refractivity contribution in [2.45, 2.75) is 6.92 Å². The lowest BCUT2D eigenvalue weighted by atomic mass is 9.99. The van der Waals surface area contributed by atoms with Gasteiger partial charge in [0.2, 0.25) is 0 Å². The molecule has 2 aromatic rings. The highest BCUT2D eigenvalue weighted by atomic mass is 16.4. The van der Waals surface area contributed by atoms with Crippen molar-refractivity contribution in [3.05, 3.63) is 54.4 Å². The third-order valence-electron chi connectivity index (χ3n) is 4.31. The van der Waals surface area contributed by atoms with Crippen LogP contribution in [-0.2, 0) is 4.79 Å². The number of carbonyl (C=O) groups excluding carboxylic acids is 1. The number of carboxylic acid groups (broad SMARTS) is 1. The van der Waals surface area contributed by atoms with Crippen molar-refractivity contribution in [1.82, 2.24) is 9.88 Å². The number of carbonyl (C=O) groups is 2. The van der Waals surface area contributed by atoms with Crippen LogP contribution in [0.25, 0.3) is 11.1 Å². The highest BCUT2D eigenvalue weighted by Gasteiger charge is 2.37. The predicted octanol–water partition coefficient (Wildman–Crippen LogP) is 2.54. The lowest BCUT2D eigenvalue weighted by Gasteiger charge is -2.16. The van der Waals surface area contributed by atoms with Crippen molar-refractivity contribution < 1.29 is 14.7 Å². The smallest absolute Gasteiger partial charge is 0.308 e. The molecule has 5 nitrogen and oxygen atoms in total. The predicted molar refractivity (Wildman–Crippen MR) is 85.9 cm³/mol. The Hall–Kier alpha value is -2.69. The second kappa shape index (κ2) is 6.20. The van der Waals surface area contributed by atoms with Gasteiger partial charge < -0.3 is 10.0 Å². The van der Waals surface area contributed by atoms with E-state index < -0.39 is 11.9 Å². The van der Waals surface area contributed by atoms with Crippen LogP contribution in [0, 0.1) is 11.8 Å². The quantitative estimate of drug-likeness (QED) is 0.946. The minimum absolute atomic E-state index is 0.0401. The summed E-state index contributed by atoms with van der Waals surface area (Å²) in [6.07, 6.45) is 3.26. The lowest BCUT2D eigenvalue weighted by Crippen LogP contribution is -2.30. The topological polar surface area (TPSA) is 70.5 Å². The minimum Gasteiger partial charge on any atom is -0.481 e. The van der Waals surface area contributed by atoms with E-state index in [9.17, 15) is 14.7 Å². The summed E-state index contributed by atoms with van der Waals surface area (Å²) < 4.78 is 0. The van der Waals surface area contributed by atoms with Gasteiger partial charge in [0.05, 0.1) is 11.5 Å². The summed E-state index contributed by atoms with van der Waals surface area (Å²) in [4.78, 5) is 29.6. The van der Waals surface area contributed by atoms with E-state index in [1.54, 1.807) is 11.1 Å². The number of benzene rings is 1. The summed E-state index contributed by atoms with van der Waals surface area (Å²) in [7, 11) is 0. The van der Waals surface area contributed by atoms with E-state index in [1.807, 2.05) is 43.3 Å². The molecule has 118 valence electrons. The van der Waals surface area contributed by atoms with Gasteiger partial charge in [0, 0.05) is 31.0 Å². The van der Waals surface area contributed by atoms with E-state index in [1.165, 1.54) is 6.20 Å². The highest BCUT2D eigenvalue weighted by Crippen LogP contribution is 2.26. The molecule has 1 fully saturated rings. The Morgan fingerprint density at radius 3 is 2.52 bits per heavy atom. The molecule has 1 saturated heterocycles. The molecule has 1 amide bonds. The number of hydrogen-bond acceptors (Lipinski definition) is 3. The molecule has 1 aliphatic heterocycles. The van der Waals surface area contributed by atoms with Crippen molar-refractivity contribution in [3.63, 3.8) is 0 Å². The van der Waals surface area contributed by atoms with Crippen LogP contribution in [0.4, 0.5) is 0 Å². The number of pyridine rings is 1. The van der Waals surface area contributed by atoms with Gasteiger partial charge in [0.1, 0.15) is 0 Å². The number of rotatable bonds is 3. The number of nitrogens with zero attached hydrogens (tertiary/aromatic N) is 2. The molecular weight excluding hydrogens is 292 g/mol. The molecule has 1 aromatic heterocycles. The first-order valence-corrected chi connectivity index (χ1v) is 7.59. The average Bonchev–Trinajstić information content (AvgIpc) is 2.97. The summed E-state index contributed by atoms with van der Waals surface area (Å²) in [6.45, 7) is 2.58. The standard InChI is InChI=1S/C18H18N2O3/c1-12-10-20(11-16(12)18(22)23)17(21)15-7-14(8-19-9-15)13-5-3-2-4-6-13/h2-9,12,16H,10-11H2,1H3,(H,22,23)/t12-,16-/m1/s1. The van der Waals surface area contributed by atoms with E-state index in [0.29, 0.717) is 12.1 Å². The Labute approximate surface area is 134 Å². The third-order valence-corrected chi connectivity index (χ3v) is 4.31. The fraction of sp³-hybridized carbons (Fsp3) is 0.278. The van der Waals surface area contributed by atoms with Crippen molar-refractivity contribution in [1.29, 1.82) is 0 Å². The number of hydrogen-bond donors (Lipinski definition) is 1. The zero-order chi connectivity index (χ0) is 16.4. The van der Waals surface area contributed by atoms with Gasteiger partial charge in [-0.15, -0.1) is 0 Å². The van der Waals surface area contributed by atoms with Crippen LogP contribution in [0.5, 0.6) is 0 Å². The van der Waals surface area contributed by atoms with Crippen LogP contribution in [0.3, 0.4) is 0 Å². The largest absolute Gasteiger partial charge is 0.481 e. The molecule has 0 radical (unpaired) electrons. The lowest BCUT2D eigenvalue weighted by molar-refractivity contribution is -0.142. The van der Waals surface area contributed by atoms with Crippen molar-refractivity contribution >= 4 is 11.9 Å². The van der Waals surface area contributed by atoms with Crippen molar-refractivity contribution in [2.24, 2.45) is 11.8 Å². The van der Waals surface area contributed by atoms with E-state index in [-0.39, 0.29) is 18.4 Å². The summed E-state index contributed by atoms with van der Waals surface area (Å²) in [5.74, 6) is -1.54. The number of carboxylic acids is 1. The molecule has 3 rings (SSSR count). The van der Waals surface area contributed by atoms with Gasteiger partial charge in [-0.05, 0) is 17.5 Å². The molecule has 0 aliphatic carbocycles. The summed E-state index contributed by atoms with van der Waals surface area (Å²) in [5, 5.41) is 9.20. The maximum absolute atomic E-state index is 12.6. The Bertz CT molecular complexity index is 730. The fourth-order valence-electron chi connectivity index (χ4n) is 2.98. The number of likely N-dealkylation sites (tertiary alicyclic amines) is 1. The SMILES string of the molecule is C[C@@H]1CN(C(=O)c2cncc(-c3ccccc3)c2)C[C@H]1C(=O)O. The van der Waals surface area contributed by atoms with Crippen LogP contribution >= 0.6 is 0 Å². The average molecular weight is 310 g/mol. The van der Waals surface area contributed by atoms with Crippen LogP contribution in [0.2, 0.25) is 0 Å². The van der Waals surface area contributed by atoms with Gasteiger partial charge in [0.15, 0.2) is 0 Å². The van der Waals surface area contributed by atoms with Gasteiger partial charge in [0.25, 0.3) is 5.91 Å². The van der Waals surface area contributed by atoms with E-state index in [4.69, 9.17) is 0 Å². The maximum Gasteiger partial charge on any atom is 0.308 e. The molecule has 5 heteroatoms. The number of amides is 1. The zero-order valence-electron chi connectivity index (χ0n) is 12.8. The first-order valence-electron chi connectivity index (χ1n) is 7.59. The molecule has 1 N–H and O–H groups in total. The summed E-state index contributed by atoms with van der Waals surface area (Å²) in [5.41, 5.74) is 2.36. The zero-order valence-corrected chi connectivity index (χ0v) is 12.8. The van der Waals surface area contributed by atoms with Gasteiger partial charge in [-0.3, -0.25) is 14.6 Å². The van der Waals surface area contributed by atoms with Gasteiger partial charge >= 0.3 is 5.97 Å². The normalized spacial score (nSPS) is 20.5. The molecule has 23 heavy (non-hydrogen) atoms. The second-order valence-corrected chi connectivity index (χ2v) is 5.96. The third kappa shape index (κ3) is 3.08. The molecular formula is C18H18N2O3. The molecule has 0 unspecified atom stereocenters. The Balaban J connectivity index is 1.83. The molecule has 0 spiro atoms. The Morgan fingerprint density at radius 2 is 1.87 bits per heavy atom. The first-order chi connectivity index (χ1) is 11.1. The second-order valence-electron chi connectivity index (χ2n) is 5.96. The minimum atomic E-state index is -0.844. The van der Waals surface area contributed by atoms with E-state index in [0.717, 1.165) is 11.1 Å². The molecule has 2 heterocycles. The first kappa shape index (κ1) is 15.2. The Morgan fingerprint density at radius 1 is 1.13 bits per heavy atom. The molecule has 0 saturated carbocycles.